The Morgan fingerprint density at radius 1 is 1.00 bits per heavy atom. The van der Waals surface area contributed by atoms with E-state index in [1.54, 1.807) is 6.07 Å². The predicted octanol–water partition coefficient (Wildman–Crippen LogP) is 3.66. The molecule has 1 aliphatic carbocycles. The molecule has 2 atom stereocenters. The maximum absolute atomic E-state index is 12.3. The second kappa shape index (κ2) is 6.35. The molecule has 6 heteroatoms. The van der Waals surface area contributed by atoms with Crippen LogP contribution in [0, 0.1) is 0 Å². The highest BCUT2D eigenvalue weighted by molar-refractivity contribution is 5.39. The fourth-order valence-corrected chi connectivity index (χ4v) is 2.31. The molecular weight excluding hydrogens is 273 g/mol. The number of rotatable bonds is 3. The molecule has 1 saturated carbocycles. The monoisotopic (exact) mass is 290 g/mol. The molecule has 20 heavy (non-hydrogen) atoms. The van der Waals surface area contributed by atoms with Gasteiger partial charge >= 0.3 is 6.36 Å². The molecule has 0 radical (unpaired) electrons. The summed E-state index contributed by atoms with van der Waals surface area (Å²) >= 11 is 0. The van der Waals surface area contributed by atoms with Crippen LogP contribution in [0.3, 0.4) is 0 Å². The van der Waals surface area contributed by atoms with Gasteiger partial charge in [0.1, 0.15) is 6.10 Å². The molecule has 0 aliphatic heterocycles. The molecule has 1 aromatic rings. The minimum Gasteiger partial charge on any atom is -0.484 e. The first-order valence-corrected chi connectivity index (χ1v) is 6.65. The van der Waals surface area contributed by atoms with Crippen LogP contribution in [-0.4, -0.2) is 23.7 Å². The summed E-state index contributed by atoms with van der Waals surface area (Å²) in [4.78, 5) is 0. The van der Waals surface area contributed by atoms with Crippen LogP contribution in [0.4, 0.5) is 13.2 Å². The molecule has 1 N–H and O–H groups in total. The number of para-hydroxylation sites is 2. The van der Waals surface area contributed by atoms with Gasteiger partial charge in [0.25, 0.3) is 0 Å². The number of ether oxygens (including phenoxy) is 2. The maximum atomic E-state index is 12.3. The number of benzene rings is 1. The lowest BCUT2D eigenvalue weighted by molar-refractivity contribution is -0.275. The Morgan fingerprint density at radius 2 is 1.65 bits per heavy atom. The van der Waals surface area contributed by atoms with Gasteiger partial charge in [0, 0.05) is 0 Å². The molecule has 0 saturated heterocycles. The largest absolute Gasteiger partial charge is 0.573 e. The van der Waals surface area contributed by atoms with E-state index in [0.29, 0.717) is 12.8 Å². The summed E-state index contributed by atoms with van der Waals surface area (Å²) in [5, 5.41) is 9.95. The van der Waals surface area contributed by atoms with E-state index >= 15 is 0 Å². The Balaban J connectivity index is 2.11. The van der Waals surface area contributed by atoms with Crippen molar-refractivity contribution in [2.75, 3.05) is 0 Å². The van der Waals surface area contributed by atoms with Gasteiger partial charge in [0.2, 0.25) is 0 Å². The van der Waals surface area contributed by atoms with Gasteiger partial charge in [-0.15, -0.1) is 13.2 Å². The highest BCUT2D eigenvalue weighted by atomic mass is 19.4. The quantitative estimate of drug-likeness (QED) is 0.863. The van der Waals surface area contributed by atoms with E-state index in [2.05, 4.69) is 4.74 Å². The van der Waals surface area contributed by atoms with Crippen molar-refractivity contribution in [3.8, 4) is 11.5 Å². The first-order chi connectivity index (χ1) is 9.46. The van der Waals surface area contributed by atoms with E-state index in [9.17, 15) is 18.3 Å². The number of aliphatic hydroxyl groups excluding tert-OH is 1. The molecule has 3 nitrogen and oxygen atoms in total. The molecule has 1 fully saturated rings. The standard InChI is InChI=1S/C14H17F3O3/c15-14(16,17)20-13-9-5-4-8-12(13)19-11-7-3-1-2-6-10(11)18/h4-5,8-11,18H,1-3,6-7H2. The lowest BCUT2D eigenvalue weighted by Crippen LogP contribution is -2.30. The molecule has 0 bridgehead atoms. The zero-order valence-electron chi connectivity index (χ0n) is 10.9. The van der Waals surface area contributed by atoms with Crippen LogP contribution >= 0.6 is 0 Å². The number of hydrogen-bond donors (Lipinski definition) is 1. The van der Waals surface area contributed by atoms with Crippen LogP contribution < -0.4 is 9.47 Å². The fourth-order valence-electron chi connectivity index (χ4n) is 2.31. The lowest BCUT2D eigenvalue weighted by atomic mass is 10.1. The maximum Gasteiger partial charge on any atom is 0.573 e. The highest BCUT2D eigenvalue weighted by Crippen LogP contribution is 2.34. The predicted molar refractivity (Wildman–Crippen MR) is 66.6 cm³/mol. The molecule has 0 aromatic heterocycles. The van der Waals surface area contributed by atoms with Crippen LogP contribution in [0.15, 0.2) is 24.3 Å². The SMILES string of the molecule is OC1CCCCCC1Oc1ccccc1OC(F)(F)F. The van der Waals surface area contributed by atoms with Crippen LogP contribution in [0.5, 0.6) is 11.5 Å². The topological polar surface area (TPSA) is 38.7 Å². The summed E-state index contributed by atoms with van der Waals surface area (Å²) < 4.78 is 46.4. The molecule has 2 unspecified atom stereocenters. The number of halogens is 3. The average Bonchev–Trinajstić information content (AvgIpc) is 2.56. The summed E-state index contributed by atoms with van der Waals surface area (Å²) in [5.41, 5.74) is 0. The molecule has 0 spiro atoms. The van der Waals surface area contributed by atoms with Crippen molar-refractivity contribution in [2.45, 2.75) is 50.7 Å². The highest BCUT2D eigenvalue weighted by Gasteiger charge is 2.33. The van der Waals surface area contributed by atoms with Crippen molar-refractivity contribution in [3.63, 3.8) is 0 Å². The average molecular weight is 290 g/mol. The van der Waals surface area contributed by atoms with Gasteiger partial charge in [-0.1, -0.05) is 25.0 Å². The normalized spacial score (nSPS) is 24.0. The number of hydrogen-bond acceptors (Lipinski definition) is 3. The summed E-state index contributed by atoms with van der Waals surface area (Å²) in [6.45, 7) is 0. The van der Waals surface area contributed by atoms with Gasteiger partial charge in [0.15, 0.2) is 11.5 Å². The third-order valence-corrected chi connectivity index (χ3v) is 3.27. The van der Waals surface area contributed by atoms with E-state index in [4.69, 9.17) is 4.74 Å². The van der Waals surface area contributed by atoms with Crippen molar-refractivity contribution in [2.24, 2.45) is 0 Å². The Labute approximate surface area is 115 Å². The van der Waals surface area contributed by atoms with Gasteiger partial charge in [-0.05, 0) is 31.4 Å². The van der Waals surface area contributed by atoms with E-state index in [0.717, 1.165) is 19.3 Å². The van der Waals surface area contributed by atoms with Gasteiger partial charge in [-0.3, -0.25) is 0 Å². The second-order valence-electron chi connectivity index (χ2n) is 4.86. The van der Waals surface area contributed by atoms with Gasteiger partial charge in [-0.2, -0.15) is 0 Å². The van der Waals surface area contributed by atoms with E-state index in [1.807, 2.05) is 0 Å². The van der Waals surface area contributed by atoms with Crippen LogP contribution in [-0.2, 0) is 0 Å². The minimum absolute atomic E-state index is 0.00998. The number of alkyl halides is 3. The summed E-state index contributed by atoms with van der Waals surface area (Å²) in [6.07, 6.45) is -1.88. The zero-order valence-corrected chi connectivity index (χ0v) is 10.9. The van der Waals surface area contributed by atoms with E-state index < -0.39 is 18.6 Å². The Bertz CT molecular complexity index is 434. The minimum atomic E-state index is -4.76. The van der Waals surface area contributed by atoms with Crippen LogP contribution in [0.1, 0.15) is 32.1 Å². The van der Waals surface area contributed by atoms with Crippen molar-refractivity contribution in [1.82, 2.24) is 0 Å². The van der Waals surface area contributed by atoms with E-state index in [1.165, 1.54) is 18.2 Å². The lowest BCUT2D eigenvalue weighted by Gasteiger charge is -2.23. The first-order valence-electron chi connectivity index (χ1n) is 6.65. The first kappa shape index (κ1) is 15.0. The van der Waals surface area contributed by atoms with Crippen LogP contribution in [0.25, 0.3) is 0 Å². The summed E-state index contributed by atoms with van der Waals surface area (Å²) in [6, 6.07) is 5.63. The smallest absolute Gasteiger partial charge is 0.484 e. The molecule has 1 aliphatic rings. The van der Waals surface area contributed by atoms with Crippen molar-refractivity contribution in [1.29, 1.82) is 0 Å². The fraction of sp³-hybridized carbons (Fsp3) is 0.571. The number of aliphatic hydroxyl groups is 1. The van der Waals surface area contributed by atoms with Crippen molar-refractivity contribution < 1.29 is 27.8 Å². The third-order valence-electron chi connectivity index (χ3n) is 3.27. The molecular formula is C14H17F3O3. The summed E-state index contributed by atoms with van der Waals surface area (Å²) in [7, 11) is 0. The Kier molecular flexibility index (Phi) is 4.75. The van der Waals surface area contributed by atoms with Gasteiger partial charge in [-0.25, -0.2) is 0 Å². The van der Waals surface area contributed by atoms with Crippen molar-refractivity contribution >= 4 is 0 Å². The molecule has 0 amide bonds. The molecule has 112 valence electrons. The Morgan fingerprint density at radius 3 is 2.35 bits per heavy atom. The Hall–Kier alpha value is -1.43. The zero-order chi connectivity index (χ0) is 14.6. The van der Waals surface area contributed by atoms with Gasteiger partial charge in [0.05, 0.1) is 6.10 Å². The third kappa shape index (κ3) is 4.30. The van der Waals surface area contributed by atoms with Gasteiger partial charge < -0.3 is 14.6 Å². The second-order valence-corrected chi connectivity index (χ2v) is 4.86. The van der Waals surface area contributed by atoms with Crippen molar-refractivity contribution in [3.05, 3.63) is 24.3 Å². The molecule has 1 aromatic carbocycles. The summed E-state index contributed by atoms with van der Waals surface area (Å²) in [5.74, 6) is -0.368. The molecule has 2 rings (SSSR count). The molecule has 0 heterocycles. The van der Waals surface area contributed by atoms with Crippen LogP contribution in [0.2, 0.25) is 0 Å². The van der Waals surface area contributed by atoms with E-state index in [-0.39, 0.29) is 11.5 Å².